The fourth-order valence-electron chi connectivity index (χ4n) is 4.78. The van der Waals surface area contributed by atoms with Crippen molar-refractivity contribution in [2.45, 2.75) is 32.1 Å². The third-order valence-corrected chi connectivity index (χ3v) is 10.1. The maximum Gasteiger partial charge on any atom is 0.266 e. The van der Waals surface area contributed by atoms with Gasteiger partial charge in [-0.1, -0.05) is 66.5 Å². The second kappa shape index (κ2) is 18.0. The Balaban J connectivity index is 1.14. The molecule has 12 nitrogen and oxygen atoms in total. The number of hydrogen-bond acceptors (Lipinski definition) is 12. The Hall–Kier alpha value is -4.12. The van der Waals surface area contributed by atoms with Crippen LogP contribution in [0.25, 0.3) is 12.2 Å². The summed E-state index contributed by atoms with van der Waals surface area (Å²) in [6, 6.07) is 10.7. The number of nitrogens with zero attached hydrogens (tertiary/aromatic N) is 2. The van der Waals surface area contributed by atoms with Gasteiger partial charge in [-0.2, -0.15) is 0 Å². The van der Waals surface area contributed by atoms with Gasteiger partial charge in [-0.15, -0.1) is 0 Å². The molecule has 4 rings (SSSR count). The topological polar surface area (TPSA) is 136 Å². The highest BCUT2D eigenvalue weighted by Gasteiger charge is 2.33. The van der Waals surface area contributed by atoms with E-state index in [0.29, 0.717) is 67.3 Å². The molecule has 2 aromatic carbocycles. The number of unbranched alkanes of at least 4 members (excludes halogenated alkanes) is 2. The second-order valence-electron chi connectivity index (χ2n) is 10.6. The summed E-state index contributed by atoms with van der Waals surface area (Å²) in [4.78, 5) is 54.5. The molecule has 0 aliphatic carbocycles. The molecule has 0 radical (unpaired) electrons. The maximum absolute atomic E-state index is 13.0. The van der Waals surface area contributed by atoms with E-state index in [1.807, 2.05) is 6.07 Å². The van der Waals surface area contributed by atoms with E-state index in [9.17, 15) is 19.2 Å². The van der Waals surface area contributed by atoms with Crippen molar-refractivity contribution in [3.63, 3.8) is 0 Å². The number of carbonyl (C=O) groups excluding carboxylic acids is 4. The molecule has 2 aliphatic heterocycles. The SMILES string of the molecule is COc1ccc(C=C2SC(=S)N(CCCCCC(=O)NNC(=O)CCN3C(=O)C(=Cc4ccc(OC)c(OC)c4)SC3=S)C2=O)cc1OC. The van der Waals surface area contributed by atoms with Crippen LogP contribution in [0.2, 0.25) is 0 Å². The molecule has 2 heterocycles. The zero-order valence-corrected chi connectivity index (χ0v) is 30.6. The van der Waals surface area contributed by atoms with E-state index in [2.05, 4.69) is 10.9 Å². The zero-order valence-electron chi connectivity index (χ0n) is 27.4. The molecule has 2 N–H and O–H groups in total. The summed E-state index contributed by atoms with van der Waals surface area (Å²) < 4.78 is 22.0. The molecule has 16 heteroatoms. The van der Waals surface area contributed by atoms with Crippen molar-refractivity contribution < 1.29 is 38.1 Å². The first-order valence-electron chi connectivity index (χ1n) is 15.1. The number of thioether (sulfide) groups is 2. The third kappa shape index (κ3) is 9.97. The fourth-order valence-corrected chi connectivity index (χ4v) is 7.40. The Kier molecular flexibility index (Phi) is 13.9. The van der Waals surface area contributed by atoms with E-state index in [-0.39, 0.29) is 37.1 Å². The molecule has 260 valence electrons. The van der Waals surface area contributed by atoms with Crippen molar-refractivity contribution >= 4 is 92.4 Å². The van der Waals surface area contributed by atoms with Crippen molar-refractivity contribution in [2.75, 3.05) is 41.5 Å². The first-order chi connectivity index (χ1) is 23.6. The number of hydrazine groups is 1. The molecule has 0 spiro atoms. The maximum atomic E-state index is 13.0. The van der Waals surface area contributed by atoms with Gasteiger partial charge in [0.25, 0.3) is 11.8 Å². The number of methoxy groups -OCH3 is 4. The average molecular weight is 745 g/mol. The van der Waals surface area contributed by atoms with Crippen LogP contribution >= 0.6 is 48.0 Å². The predicted octanol–water partition coefficient (Wildman–Crippen LogP) is 4.92. The van der Waals surface area contributed by atoms with Crippen LogP contribution in [0.1, 0.15) is 43.2 Å². The predicted molar refractivity (Wildman–Crippen MR) is 198 cm³/mol. The van der Waals surface area contributed by atoms with Crippen molar-refractivity contribution in [2.24, 2.45) is 0 Å². The lowest BCUT2D eigenvalue weighted by Gasteiger charge is -2.15. The number of benzene rings is 2. The molecule has 0 aromatic heterocycles. The lowest BCUT2D eigenvalue weighted by molar-refractivity contribution is -0.129. The van der Waals surface area contributed by atoms with Crippen LogP contribution in [0.4, 0.5) is 0 Å². The number of amides is 4. The van der Waals surface area contributed by atoms with Crippen molar-refractivity contribution in [1.82, 2.24) is 20.7 Å². The van der Waals surface area contributed by atoms with E-state index >= 15 is 0 Å². The standard InChI is InChI=1S/C33H36N4O8S4/c1-42-22-11-9-20(16-24(22)44-3)18-26-30(40)36(32(46)48-26)14-7-5-6-8-28(38)34-35-29(39)13-15-37-31(41)27(49-33(37)47)19-21-10-12-23(43-2)25(17-21)45-4/h9-12,16-19H,5-8,13-15H2,1-4H3,(H,34,38)(H,35,39). The van der Waals surface area contributed by atoms with Crippen LogP contribution in [0.3, 0.4) is 0 Å². The molecule has 49 heavy (non-hydrogen) atoms. The van der Waals surface area contributed by atoms with Crippen LogP contribution in [0, 0.1) is 0 Å². The lowest BCUT2D eigenvalue weighted by Crippen LogP contribution is -2.43. The summed E-state index contributed by atoms with van der Waals surface area (Å²) >= 11 is 13.2. The monoisotopic (exact) mass is 744 g/mol. The van der Waals surface area contributed by atoms with Crippen LogP contribution in [-0.4, -0.2) is 83.6 Å². The molecule has 0 atom stereocenters. The first-order valence-corrected chi connectivity index (χ1v) is 17.6. The molecule has 2 aromatic rings. The molecular weight excluding hydrogens is 709 g/mol. The Morgan fingerprint density at radius 3 is 1.57 bits per heavy atom. The van der Waals surface area contributed by atoms with Gasteiger partial charge in [-0.05, 0) is 60.4 Å². The molecule has 0 unspecified atom stereocenters. The Labute approximate surface area is 303 Å². The normalized spacial score (nSPS) is 16.1. The van der Waals surface area contributed by atoms with Crippen LogP contribution in [0.15, 0.2) is 46.2 Å². The second-order valence-corrected chi connectivity index (χ2v) is 13.9. The minimum Gasteiger partial charge on any atom is -0.493 e. The van der Waals surface area contributed by atoms with E-state index in [1.54, 1.807) is 68.7 Å². The van der Waals surface area contributed by atoms with Gasteiger partial charge in [0.05, 0.1) is 38.2 Å². The Bertz CT molecular complexity index is 1700. The van der Waals surface area contributed by atoms with E-state index in [4.69, 9.17) is 43.4 Å². The molecule has 2 aliphatic rings. The summed E-state index contributed by atoms with van der Waals surface area (Å²) in [5.74, 6) is 0.991. The van der Waals surface area contributed by atoms with Gasteiger partial charge in [0, 0.05) is 25.9 Å². The third-order valence-electron chi connectivity index (χ3n) is 7.35. The van der Waals surface area contributed by atoms with E-state index in [1.165, 1.54) is 23.8 Å². The molecule has 0 bridgehead atoms. The van der Waals surface area contributed by atoms with Gasteiger partial charge in [-0.25, -0.2) is 0 Å². The summed E-state index contributed by atoms with van der Waals surface area (Å²) in [5.41, 5.74) is 6.32. The highest BCUT2D eigenvalue weighted by Crippen LogP contribution is 2.36. The minimum absolute atomic E-state index is 0.0550. The largest absolute Gasteiger partial charge is 0.493 e. The smallest absolute Gasteiger partial charge is 0.266 e. The van der Waals surface area contributed by atoms with Crippen molar-refractivity contribution in [3.05, 3.63) is 57.3 Å². The minimum atomic E-state index is -0.457. The lowest BCUT2D eigenvalue weighted by atomic mass is 10.1. The molecule has 4 amide bonds. The van der Waals surface area contributed by atoms with Gasteiger partial charge in [0.15, 0.2) is 23.0 Å². The Morgan fingerprint density at radius 2 is 1.10 bits per heavy atom. The van der Waals surface area contributed by atoms with Gasteiger partial charge in [0.2, 0.25) is 11.8 Å². The Morgan fingerprint density at radius 1 is 0.653 bits per heavy atom. The number of rotatable bonds is 15. The fraction of sp³-hybridized carbons (Fsp3) is 0.333. The number of carbonyl (C=O) groups is 4. The average Bonchev–Trinajstić information content (AvgIpc) is 3.52. The summed E-state index contributed by atoms with van der Waals surface area (Å²) in [5, 5.41) is 0. The molecular formula is C33H36N4O8S4. The van der Waals surface area contributed by atoms with Crippen molar-refractivity contribution in [3.8, 4) is 23.0 Å². The molecule has 2 fully saturated rings. The summed E-state index contributed by atoms with van der Waals surface area (Å²) in [7, 11) is 6.18. The van der Waals surface area contributed by atoms with Gasteiger partial charge in [-0.3, -0.25) is 39.8 Å². The molecule has 0 saturated carbocycles. The van der Waals surface area contributed by atoms with E-state index in [0.717, 1.165) is 22.9 Å². The van der Waals surface area contributed by atoms with Gasteiger partial charge in [0.1, 0.15) is 8.64 Å². The van der Waals surface area contributed by atoms with Gasteiger partial charge < -0.3 is 18.9 Å². The zero-order chi connectivity index (χ0) is 35.5. The van der Waals surface area contributed by atoms with Crippen LogP contribution in [-0.2, 0) is 19.2 Å². The van der Waals surface area contributed by atoms with Crippen molar-refractivity contribution in [1.29, 1.82) is 0 Å². The first kappa shape index (κ1) is 37.7. The van der Waals surface area contributed by atoms with E-state index < -0.39 is 5.91 Å². The highest BCUT2D eigenvalue weighted by atomic mass is 32.2. The molecule has 2 saturated heterocycles. The number of thiocarbonyl (C=S) groups is 2. The van der Waals surface area contributed by atoms with Gasteiger partial charge >= 0.3 is 0 Å². The number of nitrogens with one attached hydrogen (secondary N) is 2. The summed E-state index contributed by atoms with van der Waals surface area (Å²) in [6.45, 7) is 0.503. The van der Waals surface area contributed by atoms with Crippen LogP contribution in [0.5, 0.6) is 23.0 Å². The highest BCUT2D eigenvalue weighted by molar-refractivity contribution is 8.27. The summed E-state index contributed by atoms with van der Waals surface area (Å²) in [6.07, 6.45) is 5.49. The number of hydrogen-bond donors (Lipinski definition) is 2. The number of ether oxygens (including phenoxy) is 4. The van der Waals surface area contributed by atoms with Crippen LogP contribution < -0.4 is 29.8 Å². The quantitative estimate of drug-likeness (QED) is 0.111.